The highest BCUT2D eigenvalue weighted by Crippen LogP contribution is 2.47. The second-order valence-corrected chi connectivity index (χ2v) is 13.2. The normalized spacial score (nSPS) is 13.4. The van der Waals surface area contributed by atoms with Crippen molar-refractivity contribution in [2.45, 2.75) is 130 Å². The van der Waals surface area contributed by atoms with E-state index < -0.39 is 0 Å². The summed E-state index contributed by atoms with van der Waals surface area (Å²) < 4.78 is 16.0. The monoisotopic (exact) mass is 558 g/mol. The first-order valence-electron chi connectivity index (χ1n) is 15.9. The Morgan fingerprint density at radius 2 is 0.921 bits per heavy atom. The maximum Gasteiger partial charge on any atom is 0.146 e. The van der Waals surface area contributed by atoms with E-state index >= 15 is 0 Å². The van der Waals surface area contributed by atoms with Crippen LogP contribution in [0.4, 0.5) is 0 Å². The van der Waals surface area contributed by atoms with Crippen molar-refractivity contribution in [1.29, 1.82) is 0 Å². The molecule has 0 spiro atoms. The minimum Gasteiger partial charge on any atom is -0.491 e. The number of hydrogen-bond donors (Lipinski definition) is 0. The van der Waals surface area contributed by atoms with E-state index in [0.717, 1.165) is 24.7 Å². The van der Waals surface area contributed by atoms with Crippen LogP contribution in [0, 0.1) is 11.8 Å². The van der Waals surface area contributed by atoms with Crippen LogP contribution in [0.3, 0.4) is 0 Å². The number of fused-ring (bicyclic) bond motifs is 2. The largest absolute Gasteiger partial charge is 0.491 e. The molecule has 0 fully saturated rings. The van der Waals surface area contributed by atoms with Crippen molar-refractivity contribution in [2.75, 3.05) is 13.2 Å². The number of ether oxygens (including phenoxy) is 2. The van der Waals surface area contributed by atoms with Crippen LogP contribution in [-0.4, -0.2) is 13.2 Å². The lowest BCUT2D eigenvalue weighted by molar-refractivity contribution is 0.227. The average molecular weight is 559 g/mol. The van der Waals surface area contributed by atoms with Gasteiger partial charge in [-0.2, -0.15) is 0 Å². The molecule has 0 unspecified atom stereocenters. The second-order valence-electron chi connectivity index (χ2n) is 11.3. The summed E-state index contributed by atoms with van der Waals surface area (Å²) >= 11 is 3.61. The van der Waals surface area contributed by atoms with Gasteiger partial charge in [-0.15, -0.1) is 22.7 Å². The molecule has 0 N–H and O–H groups in total. The molecule has 0 amide bonds. The first-order chi connectivity index (χ1) is 18.7. The number of rotatable bonds is 22. The molecule has 3 aromatic rings. The molecular weight excluding hydrogens is 505 g/mol. The Bertz CT molecular complexity index is 892. The lowest BCUT2D eigenvalue weighted by atomic mass is 9.96. The molecule has 0 aliphatic carbocycles. The highest BCUT2D eigenvalue weighted by molar-refractivity contribution is 7.19. The maximum atomic E-state index is 6.74. The maximum absolute atomic E-state index is 6.74. The Morgan fingerprint density at radius 1 is 0.526 bits per heavy atom. The predicted molar refractivity (Wildman–Crippen MR) is 172 cm³/mol. The topological polar surface area (TPSA) is 18.5 Å². The van der Waals surface area contributed by atoms with Gasteiger partial charge < -0.3 is 9.47 Å². The minimum atomic E-state index is 0.651. The summed E-state index contributed by atoms with van der Waals surface area (Å²) in [6.45, 7) is 10.9. The number of unbranched alkanes of at least 4 members (excludes halogenated alkanes) is 8. The van der Waals surface area contributed by atoms with Crippen molar-refractivity contribution in [3.8, 4) is 11.5 Å². The van der Waals surface area contributed by atoms with Gasteiger partial charge in [-0.05, 0) is 60.4 Å². The minimum absolute atomic E-state index is 0.651. The molecule has 0 aliphatic heterocycles. The first-order valence-corrected chi connectivity index (χ1v) is 17.6. The smallest absolute Gasteiger partial charge is 0.146 e. The number of thiophene rings is 2. The zero-order valence-corrected chi connectivity index (χ0v) is 26.5. The van der Waals surface area contributed by atoms with Gasteiger partial charge in [0.25, 0.3) is 0 Å². The molecule has 214 valence electrons. The standard InChI is InChI=1S/C34H54O2S2/c1-5-9-13-15-19-27(17-11-7-3)25-35-31-29-21-23-38-34(29)32(30-22-24-37-33(30)31)36-26-28(18-12-8-4)20-16-14-10-6-2/h21-24,27-28H,5-20,25-26H2,1-4H3/t27-,28-/m1/s1. The molecule has 2 atom stereocenters. The zero-order chi connectivity index (χ0) is 27.0. The van der Waals surface area contributed by atoms with E-state index in [1.165, 1.54) is 123 Å². The highest BCUT2D eigenvalue weighted by atomic mass is 32.1. The Hall–Kier alpha value is -1.26. The van der Waals surface area contributed by atoms with Crippen molar-refractivity contribution >= 4 is 42.8 Å². The fourth-order valence-corrected chi connectivity index (χ4v) is 7.40. The van der Waals surface area contributed by atoms with E-state index in [0.29, 0.717) is 11.8 Å². The van der Waals surface area contributed by atoms with Crippen LogP contribution in [0.1, 0.15) is 130 Å². The van der Waals surface area contributed by atoms with E-state index in [-0.39, 0.29) is 0 Å². The molecule has 0 aliphatic rings. The summed E-state index contributed by atoms with van der Waals surface area (Å²) in [5.41, 5.74) is 0. The van der Waals surface area contributed by atoms with Gasteiger partial charge >= 0.3 is 0 Å². The Kier molecular flexibility index (Phi) is 14.9. The SMILES string of the molecule is CCCCCC[C@@H](CCCC)COc1c2ccsc2c(OC[C@H](CCCC)CCCCCC)c2ccsc12. The predicted octanol–water partition coefficient (Wildman–Crippen LogP) is 12.4. The summed E-state index contributed by atoms with van der Waals surface area (Å²) in [4.78, 5) is 0. The van der Waals surface area contributed by atoms with Crippen molar-refractivity contribution in [1.82, 2.24) is 0 Å². The summed E-state index contributed by atoms with van der Waals surface area (Å²) in [6.07, 6.45) is 20.9. The van der Waals surface area contributed by atoms with Gasteiger partial charge in [0.05, 0.1) is 22.6 Å². The first kappa shape index (κ1) is 31.3. The molecule has 0 radical (unpaired) electrons. The third-order valence-corrected chi connectivity index (χ3v) is 9.85. The van der Waals surface area contributed by atoms with Gasteiger partial charge in [-0.25, -0.2) is 0 Å². The van der Waals surface area contributed by atoms with Gasteiger partial charge in [0.1, 0.15) is 11.5 Å². The van der Waals surface area contributed by atoms with Crippen molar-refractivity contribution < 1.29 is 9.47 Å². The van der Waals surface area contributed by atoms with Crippen molar-refractivity contribution in [3.05, 3.63) is 22.9 Å². The van der Waals surface area contributed by atoms with Gasteiger partial charge in [0, 0.05) is 10.8 Å². The van der Waals surface area contributed by atoms with E-state index in [2.05, 4.69) is 50.6 Å². The zero-order valence-electron chi connectivity index (χ0n) is 24.8. The quantitative estimate of drug-likeness (QED) is 0.114. The molecule has 2 heterocycles. The number of benzene rings is 1. The van der Waals surface area contributed by atoms with E-state index in [4.69, 9.17) is 9.47 Å². The molecule has 2 aromatic heterocycles. The van der Waals surface area contributed by atoms with E-state index in [1.54, 1.807) is 0 Å². The molecular formula is C34H54O2S2. The summed E-state index contributed by atoms with van der Waals surface area (Å²) in [6, 6.07) is 4.51. The van der Waals surface area contributed by atoms with Crippen LogP contribution >= 0.6 is 22.7 Å². The molecule has 38 heavy (non-hydrogen) atoms. The van der Waals surface area contributed by atoms with Gasteiger partial charge in [-0.1, -0.05) is 105 Å². The molecule has 2 nitrogen and oxygen atoms in total. The van der Waals surface area contributed by atoms with Gasteiger partial charge in [0.2, 0.25) is 0 Å². The average Bonchev–Trinajstić information content (AvgIpc) is 3.62. The third kappa shape index (κ3) is 9.44. The molecule has 0 saturated carbocycles. The van der Waals surface area contributed by atoms with E-state index in [9.17, 15) is 0 Å². The van der Waals surface area contributed by atoms with E-state index in [1.807, 2.05) is 22.7 Å². The van der Waals surface area contributed by atoms with Crippen LogP contribution in [0.5, 0.6) is 11.5 Å². The van der Waals surface area contributed by atoms with Crippen LogP contribution in [0.2, 0.25) is 0 Å². The Morgan fingerprint density at radius 3 is 1.32 bits per heavy atom. The summed E-state index contributed by atoms with van der Waals surface area (Å²) in [5.74, 6) is 3.49. The van der Waals surface area contributed by atoms with Crippen molar-refractivity contribution in [3.63, 3.8) is 0 Å². The van der Waals surface area contributed by atoms with Gasteiger partial charge in [0.15, 0.2) is 0 Å². The number of hydrogen-bond acceptors (Lipinski definition) is 4. The Balaban J connectivity index is 1.75. The Labute approximate surface area is 241 Å². The highest BCUT2D eigenvalue weighted by Gasteiger charge is 2.21. The van der Waals surface area contributed by atoms with Crippen LogP contribution < -0.4 is 9.47 Å². The second kappa shape index (κ2) is 18.2. The lowest BCUT2D eigenvalue weighted by Crippen LogP contribution is -2.14. The van der Waals surface area contributed by atoms with Gasteiger partial charge in [-0.3, -0.25) is 0 Å². The summed E-state index contributed by atoms with van der Waals surface area (Å²) in [7, 11) is 0. The molecule has 4 heteroatoms. The molecule has 0 bridgehead atoms. The molecule has 1 aromatic carbocycles. The fourth-order valence-electron chi connectivity index (χ4n) is 5.59. The molecule has 3 rings (SSSR count). The summed E-state index contributed by atoms with van der Waals surface area (Å²) in [5, 5.41) is 6.92. The van der Waals surface area contributed by atoms with Crippen LogP contribution in [0.25, 0.3) is 20.2 Å². The third-order valence-electron chi connectivity index (χ3n) is 8.02. The molecule has 0 saturated heterocycles. The fraction of sp³-hybridized carbons (Fsp3) is 0.706. The van der Waals surface area contributed by atoms with Crippen LogP contribution in [0.15, 0.2) is 22.9 Å². The van der Waals surface area contributed by atoms with Crippen molar-refractivity contribution in [2.24, 2.45) is 11.8 Å². The van der Waals surface area contributed by atoms with Crippen LogP contribution in [-0.2, 0) is 0 Å². The lowest BCUT2D eigenvalue weighted by Gasteiger charge is -2.21.